The normalized spacial score (nSPS) is 18.1. The molecule has 1 aliphatic carbocycles. The molecule has 0 saturated carbocycles. The number of fused-ring (bicyclic) bond motifs is 1. The van der Waals surface area contributed by atoms with Gasteiger partial charge in [-0.2, -0.15) is 0 Å². The molecule has 0 N–H and O–H groups in total. The molecule has 8 heteroatoms. The van der Waals surface area contributed by atoms with Gasteiger partial charge in [-0.3, -0.25) is 14.9 Å². The largest absolute Gasteiger partial charge is 0.455 e. The predicted octanol–water partition coefficient (Wildman–Crippen LogP) is 4.28. The van der Waals surface area contributed by atoms with E-state index in [1.165, 1.54) is 29.6 Å². The number of rotatable bonds is 7. The van der Waals surface area contributed by atoms with Crippen molar-refractivity contribution in [1.82, 2.24) is 4.98 Å². The molecule has 1 heterocycles. The van der Waals surface area contributed by atoms with E-state index in [1.54, 1.807) is 13.0 Å². The first-order chi connectivity index (χ1) is 13.9. The van der Waals surface area contributed by atoms with Gasteiger partial charge in [0.1, 0.15) is 6.10 Å². The van der Waals surface area contributed by atoms with Crippen molar-refractivity contribution in [3.8, 4) is 0 Å². The molecule has 1 aromatic carbocycles. The second kappa shape index (κ2) is 9.38. The van der Waals surface area contributed by atoms with Crippen LogP contribution in [-0.2, 0) is 9.53 Å². The van der Waals surface area contributed by atoms with Crippen LogP contribution in [0.5, 0.6) is 0 Å². The lowest BCUT2D eigenvalue weighted by Gasteiger charge is -2.14. The van der Waals surface area contributed by atoms with E-state index < -0.39 is 18.1 Å². The minimum absolute atomic E-state index is 0.247. The summed E-state index contributed by atoms with van der Waals surface area (Å²) in [5.41, 5.74) is 1.53. The van der Waals surface area contributed by atoms with Crippen molar-refractivity contribution in [2.24, 2.45) is 0 Å². The summed E-state index contributed by atoms with van der Waals surface area (Å²) in [5, 5.41) is 11.3. The number of hydrogen-bond acceptors (Lipinski definition) is 7. The highest BCUT2D eigenvalue weighted by atomic mass is 32.1. The maximum atomic E-state index is 12.3. The van der Waals surface area contributed by atoms with E-state index in [1.807, 2.05) is 30.3 Å². The van der Waals surface area contributed by atoms with Crippen LogP contribution in [0.1, 0.15) is 36.0 Å². The number of ether oxygens (including phenoxy) is 1. The van der Waals surface area contributed by atoms with Gasteiger partial charge in [-0.15, -0.1) is 11.3 Å². The van der Waals surface area contributed by atoms with Gasteiger partial charge in [0.25, 0.3) is 0 Å². The van der Waals surface area contributed by atoms with Crippen LogP contribution in [0.15, 0.2) is 60.2 Å². The van der Waals surface area contributed by atoms with E-state index >= 15 is 0 Å². The first-order valence-corrected chi connectivity index (χ1v) is 10.0. The lowest BCUT2D eigenvalue weighted by Crippen LogP contribution is -2.22. The van der Waals surface area contributed by atoms with Crippen molar-refractivity contribution >= 4 is 33.3 Å². The van der Waals surface area contributed by atoms with E-state index in [-0.39, 0.29) is 10.7 Å². The first kappa shape index (κ1) is 20.6. The van der Waals surface area contributed by atoms with Crippen LogP contribution >= 0.6 is 11.3 Å². The molecule has 1 aliphatic rings. The van der Waals surface area contributed by atoms with Crippen molar-refractivity contribution in [2.45, 2.75) is 38.3 Å². The summed E-state index contributed by atoms with van der Waals surface area (Å²) in [4.78, 5) is 39.1. The minimum atomic E-state index is -0.606. The molecule has 0 aliphatic heterocycles. The predicted molar refractivity (Wildman–Crippen MR) is 111 cm³/mol. The Hall–Kier alpha value is -3.13. The number of allylic oxidation sites excluding steroid dienone is 3. The highest BCUT2D eigenvalue weighted by Gasteiger charge is 2.23. The zero-order valence-electron chi connectivity index (χ0n) is 15.8. The SMILES string of the molecule is C[C@H](C=CC(=O)c1nc2ccccc2s1)OC(=O)C=CC1=CCCC([N+](=O)[O-])C1. The number of ketones is 1. The van der Waals surface area contributed by atoms with Crippen LogP contribution in [0.4, 0.5) is 0 Å². The fraction of sp³-hybridized carbons (Fsp3) is 0.286. The summed E-state index contributed by atoms with van der Waals surface area (Å²) in [6.07, 6.45) is 8.40. The van der Waals surface area contributed by atoms with Gasteiger partial charge in [0, 0.05) is 23.8 Å². The van der Waals surface area contributed by atoms with E-state index in [9.17, 15) is 19.7 Å². The third-order valence-electron chi connectivity index (χ3n) is 4.43. The lowest BCUT2D eigenvalue weighted by molar-refractivity contribution is -0.523. The maximum Gasteiger partial charge on any atom is 0.331 e. The topological polar surface area (TPSA) is 99.4 Å². The minimum Gasteiger partial charge on any atom is -0.455 e. The number of carbonyl (C=O) groups is 2. The second-order valence-corrected chi connectivity index (χ2v) is 7.72. The molecule has 1 unspecified atom stereocenters. The number of nitrogens with zero attached hydrogens (tertiary/aromatic N) is 2. The molecule has 0 fully saturated rings. The summed E-state index contributed by atoms with van der Waals surface area (Å²) in [7, 11) is 0. The number of hydrogen-bond donors (Lipinski definition) is 0. The number of esters is 1. The lowest BCUT2D eigenvalue weighted by atomic mass is 9.95. The monoisotopic (exact) mass is 412 g/mol. The Bertz CT molecular complexity index is 988. The molecule has 2 atom stereocenters. The molecule has 7 nitrogen and oxygen atoms in total. The maximum absolute atomic E-state index is 12.3. The summed E-state index contributed by atoms with van der Waals surface area (Å²) in [6.45, 7) is 1.65. The molecule has 1 aromatic heterocycles. The fourth-order valence-electron chi connectivity index (χ4n) is 2.94. The quantitative estimate of drug-likeness (QED) is 0.221. The van der Waals surface area contributed by atoms with Gasteiger partial charge in [0.05, 0.1) is 10.2 Å². The van der Waals surface area contributed by atoms with E-state index in [4.69, 9.17) is 4.74 Å². The number of para-hydroxylation sites is 1. The zero-order chi connectivity index (χ0) is 20.8. The second-order valence-electron chi connectivity index (χ2n) is 6.69. The van der Waals surface area contributed by atoms with Crippen molar-refractivity contribution < 1.29 is 19.2 Å². The van der Waals surface area contributed by atoms with Crippen LogP contribution in [0, 0.1) is 10.1 Å². The van der Waals surface area contributed by atoms with Crippen LogP contribution in [0.25, 0.3) is 10.2 Å². The van der Waals surface area contributed by atoms with E-state index in [0.717, 1.165) is 15.8 Å². The summed E-state index contributed by atoms with van der Waals surface area (Å²) < 4.78 is 6.15. The summed E-state index contributed by atoms with van der Waals surface area (Å²) in [5.74, 6) is -0.818. The Labute approximate surface area is 171 Å². The summed E-state index contributed by atoms with van der Waals surface area (Å²) >= 11 is 1.31. The highest BCUT2D eigenvalue weighted by Crippen LogP contribution is 2.22. The van der Waals surface area contributed by atoms with Crippen LogP contribution in [0.3, 0.4) is 0 Å². The molecular formula is C21H20N2O5S. The van der Waals surface area contributed by atoms with Crippen molar-refractivity contribution in [2.75, 3.05) is 0 Å². The van der Waals surface area contributed by atoms with Gasteiger partial charge in [0.2, 0.25) is 11.8 Å². The Morgan fingerprint density at radius 3 is 2.90 bits per heavy atom. The van der Waals surface area contributed by atoms with Gasteiger partial charge in [-0.25, -0.2) is 9.78 Å². The summed E-state index contributed by atoms with van der Waals surface area (Å²) in [6, 6.07) is 6.90. The molecule has 0 bridgehead atoms. The van der Waals surface area contributed by atoms with E-state index in [0.29, 0.717) is 24.3 Å². The molecule has 0 amide bonds. The molecule has 0 spiro atoms. The van der Waals surface area contributed by atoms with E-state index in [2.05, 4.69) is 4.98 Å². The molecule has 0 radical (unpaired) electrons. The Kier molecular flexibility index (Phi) is 6.66. The number of thiazole rings is 1. The third-order valence-corrected chi connectivity index (χ3v) is 5.49. The van der Waals surface area contributed by atoms with Crippen molar-refractivity contribution in [3.05, 3.63) is 75.3 Å². The van der Waals surface area contributed by atoms with Gasteiger partial charge >= 0.3 is 5.97 Å². The number of benzene rings is 1. The fourth-order valence-corrected chi connectivity index (χ4v) is 3.83. The van der Waals surface area contributed by atoms with Gasteiger partial charge < -0.3 is 4.74 Å². The van der Waals surface area contributed by atoms with Crippen LogP contribution in [-0.4, -0.2) is 33.8 Å². The molecular weight excluding hydrogens is 392 g/mol. The van der Waals surface area contributed by atoms with Crippen LogP contribution in [0.2, 0.25) is 0 Å². The molecule has 3 rings (SSSR count). The molecule has 29 heavy (non-hydrogen) atoms. The number of carbonyl (C=O) groups excluding carboxylic acids is 2. The zero-order valence-corrected chi connectivity index (χ0v) is 16.6. The standard InChI is InChI=1S/C21H20N2O5S/c1-14(9-11-18(24)21-22-17-7-2-3-8-19(17)29-21)28-20(25)12-10-15-5-4-6-16(13-15)23(26)27/h2-3,5,7-12,14,16H,4,6,13H2,1H3/t14-,16?/m1/s1. The van der Waals surface area contributed by atoms with Crippen molar-refractivity contribution in [1.29, 1.82) is 0 Å². The molecule has 150 valence electrons. The molecule has 0 saturated heterocycles. The number of aromatic nitrogens is 1. The van der Waals surface area contributed by atoms with Crippen LogP contribution < -0.4 is 0 Å². The Balaban J connectivity index is 1.52. The molecule has 2 aromatic rings. The Morgan fingerprint density at radius 2 is 2.14 bits per heavy atom. The average molecular weight is 412 g/mol. The Morgan fingerprint density at radius 1 is 1.34 bits per heavy atom. The smallest absolute Gasteiger partial charge is 0.331 e. The third kappa shape index (κ3) is 5.68. The number of nitro groups is 1. The average Bonchev–Trinajstić information content (AvgIpc) is 3.15. The van der Waals surface area contributed by atoms with Crippen molar-refractivity contribution in [3.63, 3.8) is 0 Å². The van der Waals surface area contributed by atoms with Gasteiger partial charge in [0.15, 0.2) is 5.01 Å². The first-order valence-electron chi connectivity index (χ1n) is 9.21. The van der Waals surface area contributed by atoms with Gasteiger partial charge in [-0.05, 0) is 43.2 Å². The van der Waals surface area contributed by atoms with Gasteiger partial charge in [-0.1, -0.05) is 24.3 Å². The highest BCUT2D eigenvalue weighted by molar-refractivity contribution is 7.20.